The van der Waals surface area contributed by atoms with Gasteiger partial charge in [0.15, 0.2) is 5.65 Å². The molecular formula is C24H19ClN4O2. The molecule has 0 fully saturated rings. The Morgan fingerprint density at radius 2 is 1.81 bits per heavy atom. The molecule has 0 atom stereocenters. The first-order chi connectivity index (χ1) is 15.2. The fourth-order valence-corrected chi connectivity index (χ4v) is 4.02. The van der Waals surface area contributed by atoms with Gasteiger partial charge >= 0.3 is 0 Å². The lowest BCUT2D eigenvalue weighted by Crippen LogP contribution is -2.21. The normalized spacial score (nSPS) is 11.4. The number of pyridine rings is 1. The molecule has 0 unspecified atom stereocenters. The molecule has 154 valence electrons. The van der Waals surface area contributed by atoms with E-state index in [0.717, 1.165) is 22.4 Å². The van der Waals surface area contributed by atoms with Crippen LogP contribution in [-0.4, -0.2) is 26.3 Å². The molecule has 0 saturated carbocycles. The highest BCUT2D eigenvalue weighted by Gasteiger charge is 2.18. The second-order valence-electron chi connectivity index (χ2n) is 7.25. The maximum Gasteiger partial charge on any atom is 0.261 e. The maximum atomic E-state index is 13.2. The van der Waals surface area contributed by atoms with Crippen LogP contribution in [0.15, 0.2) is 77.9 Å². The van der Waals surface area contributed by atoms with E-state index in [1.54, 1.807) is 28.6 Å². The second kappa shape index (κ2) is 7.98. The average molecular weight is 431 g/mol. The summed E-state index contributed by atoms with van der Waals surface area (Å²) in [7, 11) is 1.64. The molecule has 3 aromatic heterocycles. The highest BCUT2D eigenvalue weighted by molar-refractivity contribution is 6.31. The summed E-state index contributed by atoms with van der Waals surface area (Å²) in [6.45, 7) is 0.731. The Bertz CT molecular complexity index is 1460. The van der Waals surface area contributed by atoms with Gasteiger partial charge in [-0.15, -0.1) is 0 Å². The van der Waals surface area contributed by atoms with E-state index in [1.807, 2.05) is 60.7 Å². The Morgan fingerprint density at radius 3 is 2.58 bits per heavy atom. The number of benzene rings is 2. The van der Waals surface area contributed by atoms with Crippen LogP contribution >= 0.6 is 11.6 Å². The van der Waals surface area contributed by atoms with Crippen molar-refractivity contribution in [3.8, 4) is 11.1 Å². The van der Waals surface area contributed by atoms with Crippen molar-refractivity contribution < 1.29 is 4.74 Å². The number of fused-ring (bicyclic) bond motifs is 3. The van der Waals surface area contributed by atoms with Gasteiger partial charge in [-0.1, -0.05) is 60.1 Å². The molecule has 0 N–H and O–H groups in total. The molecule has 0 saturated heterocycles. The minimum absolute atomic E-state index is 0.142. The highest BCUT2D eigenvalue weighted by atomic mass is 35.5. The van der Waals surface area contributed by atoms with Gasteiger partial charge in [0.25, 0.3) is 5.56 Å². The van der Waals surface area contributed by atoms with E-state index in [9.17, 15) is 4.79 Å². The first kappa shape index (κ1) is 19.5. The Hall–Kier alpha value is -3.48. The van der Waals surface area contributed by atoms with Crippen LogP contribution in [0.1, 0.15) is 11.3 Å². The van der Waals surface area contributed by atoms with Crippen LogP contribution in [0.3, 0.4) is 0 Å². The van der Waals surface area contributed by atoms with Gasteiger partial charge in [-0.2, -0.15) is 5.10 Å². The molecule has 0 radical (unpaired) electrons. The van der Waals surface area contributed by atoms with Crippen LogP contribution in [0.2, 0.25) is 5.02 Å². The van der Waals surface area contributed by atoms with Gasteiger partial charge in [-0.3, -0.25) is 4.79 Å². The zero-order chi connectivity index (χ0) is 21.4. The molecule has 5 rings (SSSR count). The van der Waals surface area contributed by atoms with Crippen molar-refractivity contribution >= 4 is 28.2 Å². The largest absolute Gasteiger partial charge is 0.378 e. The lowest BCUT2D eigenvalue weighted by Gasteiger charge is -2.09. The minimum atomic E-state index is -0.142. The maximum absolute atomic E-state index is 13.2. The third-order valence-corrected chi connectivity index (χ3v) is 5.67. The number of halogens is 1. The molecule has 7 heteroatoms. The summed E-state index contributed by atoms with van der Waals surface area (Å²) in [6.07, 6.45) is 3.40. The van der Waals surface area contributed by atoms with E-state index < -0.39 is 0 Å². The van der Waals surface area contributed by atoms with Gasteiger partial charge in [-0.25, -0.2) is 9.50 Å². The number of rotatable bonds is 5. The summed E-state index contributed by atoms with van der Waals surface area (Å²) < 4.78 is 8.73. The smallest absolute Gasteiger partial charge is 0.261 e. The lowest BCUT2D eigenvalue weighted by molar-refractivity contribution is 0.181. The van der Waals surface area contributed by atoms with E-state index >= 15 is 0 Å². The summed E-state index contributed by atoms with van der Waals surface area (Å²) in [5.74, 6) is 0. The lowest BCUT2D eigenvalue weighted by atomic mass is 10.1. The Labute approximate surface area is 183 Å². The standard InChI is InChI=1S/C24H19ClN4O2/c1-31-15-20-22(16-7-3-2-4-8-16)23-26-13-18-21(29(23)27-20)11-12-28(24(18)30)14-17-9-5-6-10-19(17)25/h2-13H,14-15H2,1H3. The van der Waals surface area contributed by atoms with Gasteiger partial charge in [-0.05, 0) is 23.3 Å². The number of hydrogen-bond acceptors (Lipinski definition) is 4. The monoisotopic (exact) mass is 430 g/mol. The molecule has 0 aliphatic carbocycles. The van der Waals surface area contributed by atoms with Crippen LogP contribution in [0.5, 0.6) is 0 Å². The molecule has 0 amide bonds. The summed E-state index contributed by atoms with van der Waals surface area (Å²) in [5, 5.41) is 5.86. The van der Waals surface area contributed by atoms with E-state index in [0.29, 0.717) is 34.7 Å². The Morgan fingerprint density at radius 1 is 1.03 bits per heavy atom. The summed E-state index contributed by atoms with van der Waals surface area (Å²) >= 11 is 6.28. The van der Waals surface area contributed by atoms with Crippen LogP contribution < -0.4 is 5.56 Å². The molecule has 0 aliphatic heterocycles. The van der Waals surface area contributed by atoms with Crippen molar-refractivity contribution in [3.05, 3.63) is 99.7 Å². The van der Waals surface area contributed by atoms with Crippen molar-refractivity contribution in [3.63, 3.8) is 0 Å². The fourth-order valence-electron chi connectivity index (χ4n) is 3.83. The van der Waals surface area contributed by atoms with E-state index in [-0.39, 0.29) is 5.56 Å². The Balaban J connectivity index is 1.70. The molecular weight excluding hydrogens is 412 g/mol. The van der Waals surface area contributed by atoms with Crippen LogP contribution in [0.25, 0.3) is 27.7 Å². The number of methoxy groups -OCH3 is 1. The van der Waals surface area contributed by atoms with E-state index in [2.05, 4.69) is 4.98 Å². The molecule has 0 spiro atoms. The SMILES string of the molecule is COCc1nn2c(ncc3c(=O)n(Cc4ccccc4Cl)ccc32)c1-c1ccccc1. The summed E-state index contributed by atoms with van der Waals surface area (Å²) in [4.78, 5) is 17.8. The van der Waals surface area contributed by atoms with Crippen LogP contribution in [-0.2, 0) is 17.9 Å². The van der Waals surface area contributed by atoms with Crippen molar-refractivity contribution in [1.82, 2.24) is 19.2 Å². The fraction of sp³-hybridized carbons (Fsp3) is 0.125. The van der Waals surface area contributed by atoms with Gasteiger partial charge in [0.05, 0.1) is 35.3 Å². The predicted molar refractivity (Wildman–Crippen MR) is 121 cm³/mol. The first-order valence-corrected chi connectivity index (χ1v) is 10.2. The molecule has 31 heavy (non-hydrogen) atoms. The van der Waals surface area contributed by atoms with Gasteiger partial charge in [0.2, 0.25) is 0 Å². The quantitative estimate of drug-likeness (QED) is 0.410. The number of hydrogen-bond donors (Lipinski definition) is 0. The minimum Gasteiger partial charge on any atom is -0.378 e. The van der Waals surface area contributed by atoms with Crippen LogP contribution in [0.4, 0.5) is 0 Å². The van der Waals surface area contributed by atoms with Gasteiger partial charge < -0.3 is 9.30 Å². The first-order valence-electron chi connectivity index (χ1n) is 9.85. The van der Waals surface area contributed by atoms with Crippen molar-refractivity contribution in [2.45, 2.75) is 13.2 Å². The Kier molecular flexibility index (Phi) is 5.02. The van der Waals surface area contributed by atoms with Crippen molar-refractivity contribution in [2.75, 3.05) is 7.11 Å². The van der Waals surface area contributed by atoms with Gasteiger partial charge in [0.1, 0.15) is 0 Å². The van der Waals surface area contributed by atoms with Gasteiger partial charge in [0, 0.05) is 24.5 Å². The van der Waals surface area contributed by atoms with Crippen molar-refractivity contribution in [2.24, 2.45) is 0 Å². The topological polar surface area (TPSA) is 61.4 Å². The zero-order valence-corrected chi connectivity index (χ0v) is 17.6. The number of ether oxygens (including phenoxy) is 1. The highest BCUT2D eigenvalue weighted by Crippen LogP contribution is 2.29. The molecule has 5 aromatic rings. The zero-order valence-electron chi connectivity index (χ0n) is 16.8. The predicted octanol–water partition coefficient (Wildman–Crippen LogP) is 4.56. The van der Waals surface area contributed by atoms with Crippen LogP contribution in [0, 0.1) is 0 Å². The third kappa shape index (κ3) is 3.40. The second-order valence-corrected chi connectivity index (χ2v) is 7.66. The van der Waals surface area contributed by atoms with E-state index in [4.69, 9.17) is 21.4 Å². The molecule has 0 bridgehead atoms. The number of aromatic nitrogens is 4. The summed E-state index contributed by atoms with van der Waals surface area (Å²) in [6, 6.07) is 19.4. The van der Waals surface area contributed by atoms with Crippen molar-refractivity contribution in [1.29, 1.82) is 0 Å². The molecule has 0 aliphatic rings. The molecule has 2 aromatic carbocycles. The molecule has 3 heterocycles. The average Bonchev–Trinajstić information content (AvgIpc) is 3.16. The third-order valence-electron chi connectivity index (χ3n) is 5.30. The number of nitrogens with zero attached hydrogens (tertiary/aromatic N) is 4. The summed E-state index contributed by atoms with van der Waals surface area (Å²) in [5.41, 5.74) is 4.81. The van der Waals surface area contributed by atoms with E-state index in [1.165, 1.54) is 0 Å². The molecule has 6 nitrogen and oxygen atoms in total.